The fraction of sp³-hybridized carbons (Fsp3) is 0.692. The minimum Gasteiger partial charge on any atom is -0.314 e. The standard InChI is InChI=1S/C13H20ClNS/c1-2-8-15-11-5-3-4-10(9-11)12-6-7-13(14)16-12/h6-7,10-11,15H,2-5,8-9H2,1H3. The molecule has 0 spiro atoms. The average Bonchev–Trinajstić information content (AvgIpc) is 2.74. The largest absolute Gasteiger partial charge is 0.314 e. The molecule has 2 unspecified atom stereocenters. The second-order valence-electron chi connectivity index (χ2n) is 4.66. The zero-order chi connectivity index (χ0) is 11.4. The van der Waals surface area contributed by atoms with Crippen molar-refractivity contribution in [2.24, 2.45) is 0 Å². The third kappa shape index (κ3) is 3.22. The van der Waals surface area contributed by atoms with Gasteiger partial charge in [0.1, 0.15) is 0 Å². The van der Waals surface area contributed by atoms with E-state index in [1.165, 1.54) is 37.0 Å². The Morgan fingerprint density at radius 3 is 3.00 bits per heavy atom. The summed E-state index contributed by atoms with van der Waals surface area (Å²) in [5.41, 5.74) is 0. The number of nitrogens with one attached hydrogen (secondary N) is 1. The average molecular weight is 258 g/mol. The van der Waals surface area contributed by atoms with Gasteiger partial charge in [-0.1, -0.05) is 24.9 Å². The monoisotopic (exact) mass is 257 g/mol. The summed E-state index contributed by atoms with van der Waals surface area (Å²) in [6, 6.07) is 4.96. The molecule has 3 heteroatoms. The van der Waals surface area contributed by atoms with Crippen LogP contribution in [-0.2, 0) is 0 Å². The molecule has 0 amide bonds. The number of rotatable bonds is 4. The van der Waals surface area contributed by atoms with Gasteiger partial charge in [-0.15, -0.1) is 11.3 Å². The topological polar surface area (TPSA) is 12.0 Å². The summed E-state index contributed by atoms with van der Waals surface area (Å²) >= 11 is 7.76. The van der Waals surface area contributed by atoms with Gasteiger partial charge in [0.25, 0.3) is 0 Å². The predicted octanol–water partition coefficient (Wildman–Crippen LogP) is 4.43. The molecule has 1 saturated carbocycles. The Hall–Kier alpha value is -0.0500. The van der Waals surface area contributed by atoms with Gasteiger partial charge in [0.15, 0.2) is 0 Å². The summed E-state index contributed by atoms with van der Waals surface area (Å²) in [5.74, 6) is 0.737. The Morgan fingerprint density at radius 1 is 1.44 bits per heavy atom. The van der Waals surface area contributed by atoms with Crippen LogP contribution in [0.3, 0.4) is 0 Å². The molecule has 2 rings (SSSR count). The van der Waals surface area contributed by atoms with E-state index < -0.39 is 0 Å². The Balaban J connectivity index is 1.91. The Bertz CT molecular complexity index is 323. The lowest BCUT2D eigenvalue weighted by Gasteiger charge is -2.29. The predicted molar refractivity (Wildman–Crippen MR) is 72.6 cm³/mol. The maximum Gasteiger partial charge on any atom is 0.0931 e. The fourth-order valence-electron chi connectivity index (χ4n) is 2.53. The third-order valence-electron chi connectivity index (χ3n) is 3.35. The van der Waals surface area contributed by atoms with E-state index in [0.29, 0.717) is 0 Å². The molecule has 0 radical (unpaired) electrons. The van der Waals surface area contributed by atoms with E-state index in [0.717, 1.165) is 22.8 Å². The lowest BCUT2D eigenvalue weighted by atomic mass is 9.85. The van der Waals surface area contributed by atoms with E-state index in [-0.39, 0.29) is 0 Å². The molecule has 0 bridgehead atoms. The summed E-state index contributed by atoms with van der Waals surface area (Å²) < 4.78 is 0.929. The molecule has 0 aromatic carbocycles. The van der Waals surface area contributed by atoms with Gasteiger partial charge in [-0.05, 0) is 50.3 Å². The van der Waals surface area contributed by atoms with Gasteiger partial charge in [0.2, 0.25) is 0 Å². The highest BCUT2D eigenvalue weighted by Gasteiger charge is 2.23. The molecule has 16 heavy (non-hydrogen) atoms. The van der Waals surface area contributed by atoms with Gasteiger partial charge < -0.3 is 5.32 Å². The van der Waals surface area contributed by atoms with E-state index >= 15 is 0 Å². The van der Waals surface area contributed by atoms with Crippen molar-refractivity contribution in [1.29, 1.82) is 0 Å². The quantitative estimate of drug-likeness (QED) is 0.842. The number of halogens is 1. The summed E-state index contributed by atoms with van der Waals surface area (Å²) in [7, 11) is 0. The van der Waals surface area contributed by atoms with Gasteiger partial charge in [0, 0.05) is 10.9 Å². The molecule has 1 heterocycles. The summed E-state index contributed by atoms with van der Waals surface area (Å²) in [5, 5.41) is 3.65. The normalized spacial score (nSPS) is 25.9. The third-order valence-corrected chi connectivity index (χ3v) is 4.75. The van der Waals surface area contributed by atoms with Crippen LogP contribution in [0.5, 0.6) is 0 Å². The van der Waals surface area contributed by atoms with Crippen molar-refractivity contribution < 1.29 is 0 Å². The van der Waals surface area contributed by atoms with Crippen LogP contribution in [-0.4, -0.2) is 12.6 Å². The van der Waals surface area contributed by atoms with Crippen LogP contribution < -0.4 is 5.32 Å². The van der Waals surface area contributed by atoms with Crippen LogP contribution in [0.15, 0.2) is 12.1 Å². The number of hydrogen-bond acceptors (Lipinski definition) is 2. The molecule has 90 valence electrons. The van der Waals surface area contributed by atoms with Crippen molar-refractivity contribution in [3.8, 4) is 0 Å². The van der Waals surface area contributed by atoms with Gasteiger partial charge in [-0.25, -0.2) is 0 Å². The fourth-order valence-corrected chi connectivity index (χ4v) is 3.74. The maximum atomic E-state index is 6.00. The highest BCUT2D eigenvalue weighted by Crippen LogP contribution is 2.37. The SMILES string of the molecule is CCCNC1CCCC(c2ccc(Cl)s2)C1. The Kier molecular flexibility index (Phi) is 4.68. The van der Waals surface area contributed by atoms with Crippen molar-refractivity contribution in [1.82, 2.24) is 5.32 Å². The molecular weight excluding hydrogens is 238 g/mol. The molecule has 0 aliphatic heterocycles. The van der Waals surface area contributed by atoms with Gasteiger partial charge >= 0.3 is 0 Å². The van der Waals surface area contributed by atoms with Gasteiger partial charge in [-0.2, -0.15) is 0 Å². The van der Waals surface area contributed by atoms with Crippen LogP contribution in [0.1, 0.15) is 49.8 Å². The molecule has 1 fully saturated rings. The molecule has 1 nitrogen and oxygen atoms in total. The van der Waals surface area contributed by atoms with E-state index in [1.807, 2.05) is 6.07 Å². The zero-order valence-corrected chi connectivity index (χ0v) is 11.4. The summed E-state index contributed by atoms with van der Waals surface area (Å²) in [6.07, 6.45) is 6.54. The molecular formula is C13H20ClNS. The highest BCUT2D eigenvalue weighted by molar-refractivity contribution is 7.16. The number of thiophene rings is 1. The van der Waals surface area contributed by atoms with Crippen molar-refractivity contribution >= 4 is 22.9 Å². The molecule has 1 N–H and O–H groups in total. The molecule has 1 aromatic heterocycles. The number of hydrogen-bond donors (Lipinski definition) is 1. The maximum absolute atomic E-state index is 6.00. The Morgan fingerprint density at radius 2 is 2.31 bits per heavy atom. The van der Waals surface area contributed by atoms with E-state index in [9.17, 15) is 0 Å². The van der Waals surface area contributed by atoms with Crippen LogP contribution >= 0.6 is 22.9 Å². The molecule has 2 atom stereocenters. The lowest BCUT2D eigenvalue weighted by molar-refractivity contribution is 0.342. The summed E-state index contributed by atoms with van der Waals surface area (Å²) in [6.45, 7) is 3.38. The minimum atomic E-state index is 0.722. The minimum absolute atomic E-state index is 0.722. The molecule has 0 saturated heterocycles. The van der Waals surface area contributed by atoms with Crippen LogP contribution in [0.25, 0.3) is 0 Å². The second-order valence-corrected chi connectivity index (χ2v) is 6.40. The van der Waals surface area contributed by atoms with Crippen molar-refractivity contribution in [2.75, 3.05) is 6.54 Å². The molecule has 1 aromatic rings. The Labute approximate surface area is 107 Å². The molecule has 1 aliphatic rings. The highest BCUT2D eigenvalue weighted by atomic mass is 35.5. The van der Waals surface area contributed by atoms with Crippen molar-refractivity contribution in [3.05, 3.63) is 21.3 Å². The van der Waals surface area contributed by atoms with Crippen molar-refractivity contribution in [2.45, 2.75) is 51.0 Å². The van der Waals surface area contributed by atoms with E-state index in [4.69, 9.17) is 11.6 Å². The lowest BCUT2D eigenvalue weighted by Crippen LogP contribution is -2.33. The van der Waals surface area contributed by atoms with Crippen LogP contribution in [0.2, 0.25) is 4.34 Å². The summed E-state index contributed by atoms with van der Waals surface area (Å²) in [4.78, 5) is 1.48. The van der Waals surface area contributed by atoms with E-state index in [2.05, 4.69) is 18.3 Å². The first-order chi connectivity index (χ1) is 7.79. The van der Waals surface area contributed by atoms with Crippen LogP contribution in [0, 0.1) is 0 Å². The van der Waals surface area contributed by atoms with Gasteiger partial charge in [-0.3, -0.25) is 0 Å². The smallest absolute Gasteiger partial charge is 0.0931 e. The first-order valence-electron chi connectivity index (χ1n) is 6.28. The van der Waals surface area contributed by atoms with Crippen LogP contribution in [0.4, 0.5) is 0 Å². The zero-order valence-electron chi connectivity index (χ0n) is 9.84. The van der Waals surface area contributed by atoms with E-state index in [1.54, 1.807) is 11.3 Å². The first kappa shape index (κ1) is 12.4. The van der Waals surface area contributed by atoms with Crippen molar-refractivity contribution in [3.63, 3.8) is 0 Å². The van der Waals surface area contributed by atoms with Gasteiger partial charge in [0.05, 0.1) is 4.34 Å². The second kappa shape index (κ2) is 6.04. The molecule has 1 aliphatic carbocycles. The first-order valence-corrected chi connectivity index (χ1v) is 7.47.